The summed E-state index contributed by atoms with van der Waals surface area (Å²) in [6.07, 6.45) is 0. The number of anilines is 1. The number of halogens is 2. The maximum atomic E-state index is 13.7. The van der Waals surface area contributed by atoms with Crippen LogP contribution in [-0.4, -0.2) is 17.6 Å². The van der Waals surface area contributed by atoms with Gasteiger partial charge in [0.05, 0.1) is 5.56 Å². The molecule has 0 aliphatic carbocycles. The lowest BCUT2D eigenvalue weighted by Gasteiger charge is -2.30. The van der Waals surface area contributed by atoms with Crippen molar-refractivity contribution >= 4 is 17.4 Å². The van der Waals surface area contributed by atoms with Gasteiger partial charge in [-0.3, -0.25) is 0 Å². The van der Waals surface area contributed by atoms with Gasteiger partial charge in [0.1, 0.15) is 11.2 Å². The van der Waals surface area contributed by atoms with E-state index in [2.05, 4.69) is 10.3 Å². The van der Waals surface area contributed by atoms with Gasteiger partial charge in [0.25, 0.3) is 0 Å². The summed E-state index contributed by atoms with van der Waals surface area (Å²) in [7, 11) is 0. The fourth-order valence-electron chi connectivity index (χ4n) is 1.44. The van der Waals surface area contributed by atoms with Crippen molar-refractivity contribution in [1.82, 2.24) is 4.98 Å². The summed E-state index contributed by atoms with van der Waals surface area (Å²) in [5.41, 5.74) is 5.52. The molecule has 4 nitrogen and oxygen atoms in total. The van der Waals surface area contributed by atoms with Gasteiger partial charge in [0.2, 0.25) is 0 Å². The van der Waals surface area contributed by atoms with Crippen LogP contribution in [0.3, 0.4) is 0 Å². The van der Waals surface area contributed by atoms with Crippen LogP contribution in [0.4, 0.5) is 10.2 Å². The van der Waals surface area contributed by atoms with E-state index >= 15 is 0 Å². The first-order valence-electron chi connectivity index (χ1n) is 5.52. The summed E-state index contributed by atoms with van der Waals surface area (Å²) in [5.74, 6) is -0.594. The molecule has 18 heavy (non-hydrogen) atoms. The first-order valence-corrected chi connectivity index (χ1v) is 5.90. The van der Waals surface area contributed by atoms with Gasteiger partial charge in [-0.1, -0.05) is 32.4 Å². The SMILES string of the molecule is CC(C)(C)[C@H](CN)Nc1nc(Cl)c(C#N)cc1F. The topological polar surface area (TPSA) is 74.7 Å². The molecule has 1 heterocycles. The van der Waals surface area contributed by atoms with Gasteiger partial charge in [-0.05, 0) is 11.5 Å². The predicted octanol–water partition coefficient (Wildman–Crippen LogP) is 2.53. The van der Waals surface area contributed by atoms with E-state index in [4.69, 9.17) is 22.6 Å². The first-order chi connectivity index (χ1) is 8.29. The quantitative estimate of drug-likeness (QED) is 0.828. The van der Waals surface area contributed by atoms with Gasteiger partial charge < -0.3 is 11.1 Å². The molecule has 98 valence electrons. The molecule has 0 amide bonds. The van der Waals surface area contributed by atoms with Crippen LogP contribution in [0, 0.1) is 22.6 Å². The van der Waals surface area contributed by atoms with Gasteiger partial charge >= 0.3 is 0 Å². The third kappa shape index (κ3) is 3.31. The fourth-order valence-corrected chi connectivity index (χ4v) is 1.62. The summed E-state index contributed by atoms with van der Waals surface area (Å²) in [6, 6.07) is 2.69. The maximum Gasteiger partial charge on any atom is 0.166 e. The van der Waals surface area contributed by atoms with Crippen LogP contribution in [0.5, 0.6) is 0 Å². The number of nitriles is 1. The minimum absolute atomic E-state index is 0.0137. The van der Waals surface area contributed by atoms with Gasteiger partial charge in [0.15, 0.2) is 11.6 Å². The number of pyridine rings is 1. The largest absolute Gasteiger partial charge is 0.363 e. The standard InChI is InChI=1S/C12H16ClFN4/c1-12(2,3)9(6-16)17-11-8(14)4-7(5-15)10(13)18-11/h4,9H,6,16H2,1-3H3,(H,17,18)/t9-/m0/s1. The van der Waals surface area contributed by atoms with E-state index in [-0.39, 0.29) is 28.0 Å². The smallest absolute Gasteiger partial charge is 0.166 e. The highest BCUT2D eigenvalue weighted by atomic mass is 35.5. The molecule has 0 radical (unpaired) electrons. The molecule has 1 aromatic heterocycles. The molecule has 1 atom stereocenters. The fraction of sp³-hybridized carbons (Fsp3) is 0.500. The Hall–Kier alpha value is -1.38. The number of nitrogens with zero attached hydrogens (tertiary/aromatic N) is 2. The summed E-state index contributed by atoms with van der Waals surface area (Å²) in [4.78, 5) is 3.85. The van der Waals surface area contributed by atoms with Crippen molar-refractivity contribution in [2.45, 2.75) is 26.8 Å². The molecular formula is C12H16ClFN4. The molecule has 1 aromatic rings. The zero-order valence-electron chi connectivity index (χ0n) is 10.6. The van der Waals surface area contributed by atoms with Gasteiger partial charge in [-0.25, -0.2) is 9.37 Å². The van der Waals surface area contributed by atoms with E-state index in [0.717, 1.165) is 6.07 Å². The van der Waals surface area contributed by atoms with Crippen LogP contribution in [0.2, 0.25) is 5.15 Å². The molecule has 1 rings (SSSR count). The Morgan fingerprint density at radius 3 is 2.67 bits per heavy atom. The highest BCUT2D eigenvalue weighted by Gasteiger charge is 2.24. The van der Waals surface area contributed by atoms with Gasteiger partial charge in [-0.2, -0.15) is 5.26 Å². The number of nitrogens with one attached hydrogen (secondary N) is 1. The summed E-state index contributed by atoms with van der Waals surface area (Å²) >= 11 is 5.77. The van der Waals surface area contributed by atoms with Crippen LogP contribution in [0.1, 0.15) is 26.3 Å². The van der Waals surface area contributed by atoms with E-state index < -0.39 is 5.82 Å². The molecule has 0 bridgehead atoms. The average molecular weight is 271 g/mol. The van der Waals surface area contributed by atoms with E-state index in [1.165, 1.54) is 0 Å². The van der Waals surface area contributed by atoms with Gasteiger partial charge in [0, 0.05) is 12.6 Å². The van der Waals surface area contributed by atoms with Crippen LogP contribution < -0.4 is 11.1 Å². The van der Waals surface area contributed by atoms with E-state index in [0.29, 0.717) is 6.54 Å². The normalized spacial score (nSPS) is 12.9. The molecule has 0 spiro atoms. The van der Waals surface area contributed by atoms with Crippen LogP contribution >= 0.6 is 11.6 Å². The molecule has 0 saturated carbocycles. The molecule has 0 unspecified atom stereocenters. The van der Waals surface area contributed by atoms with Crippen molar-refractivity contribution in [2.75, 3.05) is 11.9 Å². The average Bonchev–Trinajstić information content (AvgIpc) is 2.27. The first kappa shape index (κ1) is 14.7. The van der Waals surface area contributed by atoms with Crippen molar-refractivity contribution in [3.05, 3.63) is 22.6 Å². The van der Waals surface area contributed by atoms with Crippen molar-refractivity contribution in [1.29, 1.82) is 5.26 Å². The molecule has 6 heteroatoms. The minimum atomic E-state index is -0.612. The Balaban J connectivity index is 3.05. The minimum Gasteiger partial charge on any atom is -0.363 e. The molecule has 0 aliphatic rings. The van der Waals surface area contributed by atoms with Crippen LogP contribution in [0.25, 0.3) is 0 Å². The van der Waals surface area contributed by atoms with Crippen LogP contribution in [-0.2, 0) is 0 Å². The lowest BCUT2D eigenvalue weighted by atomic mass is 9.87. The number of nitrogens with two attached hydrogens (primary N) is 1. The lowest BCUT2D eigenvalue weighted by molar-refractivity contribution is 0.344. The van der Waals surface area contributed by atoms with E-state index in [1.54, 1.807) is 6.07 Å². The summed E-state index contributed by atoms with van der Waals surface area (Å²) in [5, 5.41) is 11.6. The van der Waals surface area contributed by atoms with Crippen molar-refractivity contribution in [3.63, 3.8) is 0 Å². The van der Waals surface area contributed by atoms with E-state index in [9.17, 15) is 4.39 Å². The number of hydrogen-bond donors (Lipinski definition) is 2. The molecule has 0 aliphatic heterocycles. The molecule has 0 aromatic carbocycles. The summed E-state index contributed by atoms with van der Waals surface area (Å²) in [6.45, 7) is 6.30. The maximum absolute atomic E-state index is 13.7. The highest BCUT2D eigenvalue weighted by molar-refractivity contribution is 6.30. The van der Waals surface area contributed by atoms with Crippen molar-refractivity contribution in [3.8, 4) is 6.07 Å². The third-order valence-electron chi connectivity index (χ3n) is 2.64. The van der Waals surface area contributed by atoms with E-state index in [1.807, 2.05) is 20.8 Å². The molecule has 0 fully saturated rings. The van der Waals surface area contributed by atoms with Gasteiger partial charge in [-0.15, -0.1) is 0 Å². The Kier molecular flexibility index (Phi) is 4.49. The Labute approximate surface area is 111 Å². The van der Waals surface area contributed by atoms with Crippen molar-refractivity contribution in [2.24, 2.45) is 11.1 Å². The number of rotatable bonds is 3. The zero-order chi connectivity index (χ0) is 13.9. The zero-order valence-corrected chi connectivity index (χ0v) is 11.3. The summed E-state index contributed by atoms with van der Waals surface area (Å²) < 4.78 is 13.7. The Morgan fingerprint density at radius 1 is 1.61 bits per heavy atom. The monoisotopic (exact) mass is 270 g/mol. The predicted molar refractivity (Wildman–Crippen MR) is 69.8 cm³/mol. The Bertz CT molecular complexity index is 476. The number of aromatic nitrogens is 1. The Morgan fingerprint density at radius 2 is 2.22 bits per heavy atom. The van der Waals surface area contributed by atoms with Crippen LogP contribution in [0.15, 0.2) is 6.07 Å². The molecule has 0 saturated heterocycles. The highest BCUT2D eigenvalue weighted by Crippen LogP contribution is 2.25. The number of hydrogen-bond acceptors (Lipinski definition) is 4. The second-order valence-corrected chi connectivity index (χ2v) is 5.43. The molecule has 3 N–H and O–H groups in total. The third-order valence-corrected chi connectivity index (χ3v) is 2.93. The lowest BCUT2D eigenvalue weighted by Crippen LogP contribution is -2.40. The molecular weight excluding hydrogens is 255 g/mol. The second kappa shape index (κ2) is 5.51. The second-order valence-electron chi connectivity index (χ2n) is 5.07. The van der Waals surface area contributed by atoms with Crippen molar-refractivity contribution < 1.29 is 4.39 Å².